The molecule has 1 saturated heterocycles. The van der Waals surface area contributed by atoms with E-state index in [1.54, 1.807) is 40.7 Å². The van der Waals surface area contributed by atoms with E-state index in [1.807, 2.05) is 32.0 Å². The number of amides is 1. The van der Waals surface area contributed by atoms with Crippen LogP contribution >= 0.6 is 11.8 Å². The number of thioether (sulfide) groups is 1. The predicted molar refractivity (Wildman–Crippen MR) is 117 cm³/mol. The number of hydrogen-bond donors (Lipinski definition) is 2. The fourth-order valence-electron chi connectivity index (χ4n) is 2.33. The van der Waals surface area contributed by atoms with E-state index in [4.69, 9.17) is 10.5 Å². The monoisotopic (exact) mass is 435 g/mol. The number of benzene rings is 2. The zero-order valence-corrected chi connectivity index (χ0v) is 18.0. The van der Waals surface area contributed by atoms with Gasteiger partial charge in [0.1, 0.15) is 6.61 Å². The van der Waals surface area contributed by atoms with Crippen LogP contribution in [0.3, 0.4) is 0 Å². The Bertz CT molecular complexity index is 825. The minimum Gasteiger partial charge on any atom is -0.444 e. The van der Waals surface area contributed by atoms with E-state index in [2.05, 4.69) is 4.72 Å². The first-order valence-corrected chi connectivity index (χ1v) is 11.2. The van der Waals surface area contributed by atoms with Crippen molar-refractivity contribution < 1.29 is 18.5 Å². The molecule has 2 aromatic rings. The lowest BCUT2D eigenvalue weighted by molar-refractivity contribution is 0.108. The van der Waals surface area contributed by atoms with E-state index in [1.165, 1.54) is 11.8 Å². The van der Waals surface area contributed by atoms with Gasteiger partial charge in [0.05, 0.1) is 0 Å². The minimum absolute atomic E-state index is 0.0121. The summed E-state index contributed by atoms with van der Waals surface area (Å²) >= 11 is -0.466. The summed E-state index contributed by atoms with van der Waals surface area (Å²) in [6, 6.07) is 15.9. The van der Waals surface area contributed by atoms with Gasteiger partial charge < -0.3 is 10.5 Å². The van der Waals surface area contributed by atoms with E-state index < -0.39 is 17.3 Å². The molecule has 3 rings (SSSR count). The van der Waals surface area contributed by atoms with Gasteiger partial charge in [-0.15, -0.1) is 0 Å². The largest absolute Gasteiger partial charge is 0.444 e. The molecule has 1 heterocycles. The third-order valence-electron chi connectivity index (χ3n) is 3.85. The first-order valence-electron chi connectivity index (χ1n) is 9.22. The molecule has 1 amide bonds. The number of carbonyl (C=O) groups excluding carboxylic acids is 2. The second-order valence-corrected chi connectivity index (χ2v) is 8.40. The van der Waals surface area contributed by atoms with Gasteiger partial charge in [0.15, 0.2) is 0 Å². The van der Waals surface area contributed by atoms with Crippen molar-refractivity contribution in [1.82, 2.24) is 9.03 Å². The van der Waals surface area contributed by atoms with Crippen LogP contribution < -0.4 is 10.5 Å². The number of ether oxygens (including phenoxy) is 1. The average Bonchev–Trinajstić information content (AvgIpc) is 2.71. The molecule has 7 nitrogen and oxygen atoms in total. The molecule has 1 aliphatic rings. The molecule has 0 saturated carbocycles. The topological polar surface area (TPSA) is 102 Å². The van der Waals surface area contributed by atoms with Gasteiger partial charge in [0, 0.05) is 29.6 Å². The number of rotatable bonds is 6. The molecule has 156 valence electrons. The first kappa shape index (κ1) is 22.9. The molecule has 0 radical (unpaired) electrons. The molecule has 2 aromatic carbocycles. The van der Waals surface area contributed by atoms with Crippen LogP contribution in [0, 0.1) is 0 Å². The Morgan fingerprint density at radius 1 is 1.14 bits per heavy atom. The van der Waals surface area contributed by atoms with E-state index >= 15 is 0 Å². The number of anilines is 1. The summed E-state index contributed by atoms with van der Waals surface area (Å²) in [6.07, 6.45) is -0.762. The minimum atomic E-state index is -1.69. The van der Waals surface area contributed by atoms with Crippen LogP contribution in [-0.4, -0.2) is 38.1 Å². The maximum absolute atomic E-state index is 12.1. The van der Waals surface area contributed by atoms with Crippen molar-refractivity contribution in [3.8, 4) is 0 Å². The van der Waals surface area contributed by atoms with Crippen molar-refractivity contribution in [2.45, 2.75) is 25.7 Å². The van der Waals surface area contributed by atoms with Gasteiger partial charge in [-0.2, -0.15) is 0 Å². The highest BCUT2D eigenvalue weighted by molar-refractivity contribution is 8.14. The van der Waals surface area contributed by atoms with E-state index in [-0.39, 0.29) is 17.0 Å². The summed E-state index contributed by atoms with van der Waals surface area (Å²) in [5.41, 5.74) is 7.64. The Balaban J connectivity index is 0.00000145. The Morgan fingerprint density at radius 2 is 1.76 bits per heavy atom. The van der Waals surface area contributed by atoms with Crippen LogP contribution in [-0.2, 0) is 22.5 Å². The van der Waals surface area contributed by atoms with E-state index in [0.717, 1.165) is 5.56 Å². The normalized spacial score (nSPS) is 14.7. The highest BCUT2D eigenvalue weighted by Gasteiger charge is 2.34. The van der Waals surface area contributed by atoms with Gasteiger partial charge in [-0.05, 0) is 17.7 Å². The molecule has 9 heteroatoms. The summed E-state index contributed by atoms with van der Waals surface area (Å²) < 4.78 is 21.0. The Labute approximate surface area is 177 Å². The SMILES string of the molecule is CC.Nc1ccc(COC(=O)NS(=O)N2CC(SC(=O)c3ccccc3)C2)cc1. The summed E-state index contributed by atoms with van der Waals surface area (Å²) in [6.45, 7) is 4.97. The number of nitrogens with two attached hydrogens (primary N) is 1. The lowest BCUT2D eigenvalue weighted by Gasteiger charge is -2.36. The van der Waals surface area contributed by atoms with Gasteiger partial charge in [0.25, 0.3) is 0 Å². The van der Waals surface area contributed by atoms with Gasteiger partial charge in [-0.25, -0.2) is 18.0 Å². The summed E-state index contributed by atoms with van der Waals surface area (Å²) in [5, 5.41) is 0.0381. The number of nitrogen functional groups attached to an aromatic ring is 1. The number of hydrogen-bond acceptors (Lipinski definition) is 6. The first-order chi connectivity index (χ1) is 14.0. The summed E-state index contributed by atoms with van der Waals surface area (Å²) in [4.78, 5) is 23.9. The highest BCUT2D eigenvalue weighted by Crippen LogP contribution is 2.26. The quantitative estimate of drug-likeness (QED) is 0.675. The van der Waals surface area contributed by atoms with Gasteiger partial charge in [0.2, 0.25) is 16.3 Å². The van der Waals surface area contributed by atoms with Gasteiger partial charge in [-0.3, -0.25) is 4.79 Å². The van der Waals surface area contributed by atoms with Crippen molar-refractivity contribution in [2.75, 3.05) is 18.8 Å². The van der Waals surface area contributed by atoms with Crippen LogP contribution in [0.15, 0.2) is 54.6 Å². The molecule has 0 aromatic heterocycles. The van der Waals surface area contributed by atoms with E-state index in [9.17, 15) is 13.8 Å². The molecular formula is C20H25N3O4S2. The lowest BCUT2D eigenvalue weighted by Crippen LogP contribution is -2.53. The molecular weight excluding hydrogens is 410 g/mol. The standard InChI is InChI=1S/C18H19N3O4S2.C2H6/c19-15-8-6-13(7-9-15)12-25-18(23)20-27(24)21-10-16(11-21)26-17(22)14-4-2-1-3-5-14;1-2/h1-9,16H,10-12,19H2,(H,20,23);1-2H3. The van der Waals surface area contributed by atoms with Crippen LogP contribution in [0.4, 0.5) is 10.5 Å². The highest BCUT2D eigenvalue weighted by atomic mass is 32.2. The third-order valence-corrected chi connectivity index (χ3v) is 6.04. The van der Waals surface area contributed by atoms with E-state index in [0.29, 0.717) is 24.3 Å². The van der Waals surface area contributed by atoms with Crippen LogP contribution in [0.1, 0.15) is 29.8 Å². The third kappa shape index (κ3) is 7.19. The second kappa shape index (κ2) is 11.6. The Hall–Kier alpha value is -2.36. The molecule has 1 unspecified atom stereocenters. The zero-order valence-electron chi connectivity index (χ0n) is 16.4. The fraction of sp³-hybridized carbons (Fsp3) is 0.300. The molecule has 0 bridgehead atoms. The Kier molecular flexibility index (Phi) is 9.17. The van der Waals surface area contributed by atoms with Crippen LogP contribution in [0.5, 0.6) is 0 Å². The second-order valence-electron chi connectivity index (χ2n) is 5.91. The number of nitrogens with one attached hydrogen (secondary N) is 1. The van der Waals surface area contributed by atoms with Gasteiger partial charge >= 0.3 is 6.09 Å². The number of nitrogens with zero attached hydrogens (tertiary/aromatic N) is 1. The fourth-order valence-corrected chi connectivity index (χ4v) is 4.57. The molecule has 0 spiro atoms. The summed E-state index contributed by atoms with van der Waals surface area (Å²) in [5.74, 6) is 0. The van der Waals surface area contributed by atoms with Crippen molar-refractivity contribution in [1.29, 1.82) is 0 Å². The van der Waals surface area contributed by atoms with Crippen LogP contribution in [0.25, 0.3) is 0 Å². The molecule has 3 N–H and O–H groups in total. The summed E-state index contributed by atoms with van der Waals surface area (Å²) in [7, 11) is 0. The molecule has 0 aliphatic carbocycles. The maximum Gasteiger partial charge on any atom is 0.420 e. The smallest absolute Gasteiger partial charge is 0.420 e. The van der Waals surface area contributed by atoms with Crippen molar-refractivity contribution in [2.24, 2.45) is 0 Å². The zero-order chi connectivity index (χ0) is 21.2. The van der Waals surface area contributed by atoms with Gasteiger partial charge in [-0.1, -0.05) is 68.1 Å². The maximum atomic E-state index is 12.1. The molecule has 1 aliphatic heterocycles. The predicted octanol–water partition coefficient (Wildman–Crippen LogP) is 3.36. The lowest BCUT2D eigenvalue weighted by atomic mass is 10.2. The van der Waals surface area contributed by atoms with Crippen molar-refractivity contribution >= 4 is 39.8 Å². The van der Waals surface area contributed by atoms with Crippen molar-refractivity contribution in [3.63, 3.8) is 0 Å². The molecule has 1 fully saturated rings. The molecule has 29 heavy (non-hydrogen) atoms. The van der Waals surface area contributed by atoms with Crippen molar-refractivity contribution in [3.05, 3.63) is 65.7 Å². The van der Waals surface area contributed by atoms with Crippen LogP contribution in [0.2, 0.25) is 0 Å². The Morgan fingerprint density at radius 3 is 2.38 bits per heavy atom. The average molecular weight is 436 g/mol. The molecule has 1 atom stereocenters. The number of carbonyl (C=O) groups is 2.